The maximum atomic E-state index is 12.2. The minimum atomic E-state index is -3.59. The summed E-state index contributed by atoms with van der Waals surface area (Å²) in [5.74, 6) is 0.471. The van der Waals surface area contributed by atoms with Crippen molar-refractivity contribution in [3.8, 4) is 11.5 Å². The number of rotatable bonds is 8. The van der Waals surface area contributed by atoms with Gasteiger partial charge in [-0.3, -0.25) is 4.79 Å². The Morgan fingerprint density at radius 2 is 2.00 bits per heavy atom. The third kappa shape index (κ3) is 5.48. The number of halogens is 1. The van der Waals surface area contributed by atoms with Gasteiger partial charge in [0, 0.05) is 11.8 Å². The standard InChI is InChI=1S/C19H21ClN2O5S/c1-4-27-17-11-13(10-16(20)19(17)26-3)8-9-18(23)22-14-6-5-7-15(12-14)28(24,25)21-2/h5-12,21H,4H2,1-3H3,(H,22,23). The minimum Gasteiger partial charge on any atom is -0.491 e. The summed E-state index contributed by atoms with van der Waals surface area (Å²) >= 11 is 6.19. The number of carbonyl (C=O) groups excluding carboxylic acids is 1. The smallest absolute Gasteiger partial charge is 0.248 e. The van der Waals surface area contributed by atoms with E-state index in [1.54, 1.807) is 30.3 Å². The molecule has 0 aliphatic rings. The summed E-state index contributed by atoms with van der Waals surface area (Å²) in [6, 6.07) is 9.30. The molecule has 0 atom stereocenters. The van der Waals surface area contributed by atoms with Crippen LogP contribution in [0.25, 0.3) is 6.08 Å². The fraction of sp³-hybridized carbons (Fsp3) is 0.211. The summed E-state index contributed by atoms with van der Waals surface area (Å²) in [6.07, 6.45) is 2.88. The average Bonchev–Trinajstić information content (AvgIpc) is 2.67. The van der Waals surface area contributed by atoms with Crippen LogP contribution in [0.5, 0.6) is 11.5 Å². The molecule has 0 unspecified atom stereocenters. The number of hydrogen-bond donors (Lipinski definition) is 2. The first-order valence-electron chi connectivity index (χ1n) is 8.33. The van der Waals surface area contributed by atoms with Gasteiger partial charge < -0.3 is 14.8 Å². The minimum absolute atomic E-state index is 0.0556. The first-order chi connectivity index (χ1) is 13.3. The van der Waals surface area contributed by atoms with Crippen molar-refractivity contribution in [3.05, 3.63) is 53.1 Å². The van der Waals surface area contributed by atoms with E-state index in [-0.39, 0.29) is 4.90 Å². The lowest BCUT2D eigenvalue weighted by molar-refractivity contribution is -0.111. The highest BCUT2D eigenvalue weighted by atomic mass is 35.5. The summed E-state index contributed by atoms with van der Waals surface area (Å²) in [5, 5.41) is 2.98. The van der Waals surface area contributed by atoms with Crippen molar-refractivity contribution in [1.82, 2.24) is 4.72 Å². The third-order valence-electron chi connectivity index (χ3n) is 3.64. The van der Waals surface area contributed by atoms with Gasteiger partial charge in [-0.05, 0) is 55.9 Å². The van der Waals surface area contributed by atoms with Gasteiger partial charge in [0.1, 0.15) is 0 Å². The van der Waals surface area contributed by atoms with Gasteiger partial charge in [-0.15, -0.1) is 0 Å². The Morgan fingerprint density at radius 3 is 2.64 bits per heavy atom. The van der Waals surface area contributed by atoms with Crippen LogP contribution in [0.15, 0.2) is 47.4 Å². The quantitative estimate of drug-likeness (QED) is 0.634. The van der Waals surface area contributed by atoms with Crippen molar-refractivity contribution < 1.29 is 22.7 Å². The van der Waals surface area contributed by atoms with E-state index >= 15 is 0 Å². The van der Waals surface area contributed by atoms with Gasteiger partial charge in [0.15, 0.2) is 11.5 Å². The molecule has 150 valence electrons. The molecule has 9 heteroatoms. The third-order valence-corrected chi connectivity index (χ3v) is 5.34. The Kier molecular flexibility index (Phi) is 7.45. The molecule has 28 heavy (non-hydrogen) atoms. The summed E-state index contributed by atoms with van der Waals surface area (Å²) in [6.45, 7) is 2.28. The molecule has 0 saturated heterocycles. The molecule has 0 aliphatic heterocycles. The van der Waals surface area contributed by atoms with E-state index in [0.29, 0.717) is 34.4 Å². The number of amides is 1. The molecule has 0 bridgehead atoms. The Labute approximate surface area is 169 Å². The topological polar surface area (TPSA) is 93.7 Å². The SMILES string of the molecule is CCOc1cc(C=CC(=O)Nc2cccc(S(=O)(=O)NC)c2)cc(Cl)c1OC. The number of methoxy groups -OCH3 is 1. The van der Waals surface area contributed by atoms with Gasteiger partial charge in [0.2, 0.25) is 15.9 Å². The predicted molar refractivity (Wildman–Crippen MR) is 110 cm³/mol. The van der Waals surface area contributed by atoms with Crippen molar-refractivity contribution in [2.75, 3.05) is 26.1 Å². The fourth-order valence-corrected chi connectivity index (χ4v) is 3.43. The highest BCUT2D eigenvalue weighted by Crippen LogP contribution is 2.36. The van der Waals surface area contributed by atoms with Crippen LogP contribution < -0.4 is 19.5 Å². The molecule has 2 aromatic rings. The molecule has 2 aromatic carbocycles. The number of carbonyl (C=O) groups is 1. The van der Waals surface area contributed by atoms with Crippen LogP contribution in [-0.4, -0.2) is 35.1 Å². The second kappa shape index (κ2) is 9.59. The predicted octanol–water partition coefficient (Wildman–Crippen LogP) is 3.31. The highest BCUT2D eigenvalue weighted by molar-refractivity contribution is 7.89. The summed E-state index contributed by atoms with van der Waals surface area (Å²) < 4.78 is 36.6. The van der Waals surface area contributed by atoms with E-state index in [1.165, 1.54) is 32.4 Å². The van der Waals surface area contributed by atoms with E-state index in [4.69, 9.17) is 21.1 Å². The van der Waals surface area contributed by atoms with E-state index in [0.717, 1.165) is 0 Å². The van der Waals surface area contributed by atoms with Crippen molar-refractivity contribution >= 4 is 39.3 Å². The van der Waals surface area contributed by atoms with Gasteiger partial charge in [0.25, 0.3) is 0 Å². The lowest BCUT2D eigenvalue weighted by Crippen LogP contribution is -2.18. The number of ether oxygens (including phenoxy) is 2. The Morgan fingerprint density at radius 1 is 1.25 bits per heavy atom. The molecule has 1 amide bonds. The van der Waals surface area contributed by atoms with Crippen LogP contribution >= 0.6 is 11.6 Å². The largest absolute Gasteiger partial charge is 0.491 e. The zero-order chi connectivity index (χ0) is 20.7. The van der Waals surface area contributed by atoms with Gasteiger partial charge in [0.05, 0.1) is 23.6 Å². The van der Waals surface area contributed by atoms with Crippen LogP contribution in [-0.2, 0) is 14.8 Å². The first-order valence-corrected chi connectivity index (χ1v) is 10.2. The first kappa shape index (κ1) is 21.7. The van der Waals surface area contributed by atoms with Crippen LogP contribution in [0.4, 0.5) is 5.69 Å². The molecule has 0 saturated carbocycles. The van der Waals surface area contributed by atoms with E-state index in [2.05, 4.69) is 10.0 Å². The molecular weight excluding hydrogens is 404 g/mol. The summed E-state index contributed by atoms with van der Waals surface area (Å²) in [4.78, 5) is 12.2. The van der Waals surface area contributed by atoms with Crippen LogP contribution in [0.3, 0.4) is 0 Å². The van der Waals surface area contributed by atoms with Gasteiger partial charge in [-0.2, -0.15) is 0 Å². The van der Waals surface area contributed by atoms with Crippen molar-refractivity contribution in [1.29, 1.82) is 0 Å². The number of hydrogen-bond acceptors (Lipinski definition) is 5. The number of nitrogens with one attached hydrogen (secondary N) is 2. The van der Waals surface area contributed by atoms with Crippen molar-refractivity contribution in [2.45, 2.75) is 11.8 Å². The van der Waals surface area contributed by atoms with Gasteiger partial charge in [-0.25, -0.2) is 13.1 Å². The number of anilines is 1. The summed E-state index contributed by atoms with van der Waals surface area (Å²) in [7, 11) is -0.779. The lowest BCUT2D eigenvalue weighted by Gasteiger charge is -2.11. The molecule has 0 fully saturated rings. The maximum absolute atomic E-state index is 12.2. The van der Waals surface area contributed by atoms with E-state index in [9.17, 15) is 13.2 Å². The van der Waals surface area contributed by atoms with Crippen molar-refractivity contribution in [3.63, 3.8) is 0 Å². The molecule has 0 aromatic heterocycles. The fourth-order valence-electron chi connectivity index (χ4n) is 2.36. The molecule has 0 radical (unpaired) electrons. The van der Waals surface area contributed by atoms with Crippen molar-refractivity contribution in [2.24, 2.45) is 0 Å². The molecule has 0 heterocycles. The Balaban J connectivity index is 2.18. The summed E-state index contributed by atoms with van der Waals surface area (Å²) in [5.41, 5.74) is 1.00. The second-order valence-electron chi connectivity index (χ2n) is 5.53. The molecule has 7 nitrogen and oxygen atoms in total. The molecule has 2 rings (SSSR count). The normalized spacial score (nSPS) is 11.4. The number of benzene rings is 2. The number of sulfonamides is 1. The Bertz CT molecular complexity index is 990. The second-order valence-corrected chi connectivity index (χ2v) is 7.82. The van der Waals surface area contributed by atoms with Crippen LogP contribution in [0.1, 0.15) is 12.5 Å². The van der Waals surface area contributed by atoms with Gasteiger partial charge in [-0.1, -0.05) is 17.7 Å². The maximum Gasteiger partial charge on any atom is 0.248 e. The van der Waals surface area contributed by atoms with Gasteiger partial charge >= 0.3 is 0 Å². The van der Waals surface area contributed by atoms with Crippen LogP contribution in [0, 0.1) is 0 Å². The molecule has 0 spiro atoms. The molecule has 2 N–H and O–H groups in total. The van der Waals surface area contributed by atoms with E-state index in [1.807, 2.05) is 6.92 Å². The monoisotopic (exact) mass is 424 g/mol. The average molecular weight is 425 g/mol. The Hall–Kier alpha value is -2.55. The molecule has 0 aliphatic carbocycles. The van der Waals surface area contributed by atoms with E-state index < -0.39 is 15.9 Å². The molecular formula is C19H21ClN2O5S. The van der Waals surface area contributed by atoms with Crippen LogP contribution in [0.2, 0.25) is 5.02 Å². The highest BCUT2D eigenvalue weighted by Gasteiger charge is 2.12. The lowest BCUT2D eigenvalue weighted by atomic mass is 10.2. The zero-order valence-electron chi connectivity index (χ0n) is 15.7. The zero-order valence-corrected chi connectivity index (χ0v) is 17.2.